The van der Waals surface area contributed by atoms with Crippen molar-refractivity contribution in [2.45, 2.75) is 25.2 Å². The maximum Gasteiger partial charge on any atom is 0.321 e. The number of benzene rings is 3. The highest BCUT2D eigenvalue weighted by Gasteiger charge is 2.29. The first-order valence-corrected chi connectivity index (χ1v) is 12.2. The number of hydrogen-bond donors (Lipinski definition) is 1. The average molecular weight is 442 g/mol. The van der Waals surface area contributed by atoms with Crippen LogP contribution in [0.15, 0.2) is 97.1 Å². The van der Waals surface area contributed by atoms with Crippen LogP contribution in [0.1, 0.15) is 30.7 Å². The van der Waals surface area contributed by atoms with Gasteiger partial charge in [-0.1, -0.05) is 84.9 Å². The summed E-state index contributed by atoms with van der Waals surface area (Å²) in [6, 6.07) is 32.7. The van der Waals surface area contributed by atoms with E-state index in [1.54, 1.807) is 0 Å². The van der Waals surface area contributed by atoms with E-state index in [-0.39, 0.29) is 6.03 Å². The monoisotopic (exact) mass is 441 g/mol. The lowest BCUT2D eigenvalue weighted by Crippen LogP contribution is -2.38. The second-order valence-electron chi connectivity index (χ2n) is 9.04. The molecule has 2 aliphatic rings. The Morgan fingerprint density at radius 3 is 1.88 bits per heavy atom. The number of para-hydroxylation sites is 1. The summed E-state index contributed by atoms with van der Waals surface area (Å²) in [6.45, 7) is 5.20. The minimum absolute atomic E-state index is 0.0338. The zero-order valence-corrected chi connectivity index (χ0v) is 19.4. The SMILES string of the molecule is O=C(Nc1ccccc1)N1CC[C@@H](CN2CCC(c3ccccc3)CC2)C1.c1ccccc1. The topological polar surface area (TPSA) is 35.6 Å². The van der Waals surface area contributed by atoms with Gasteiger partial charge in [-0.25, -0.2) is 4.79 Å². The summed E-state index contributed by atoms with van der Waals surface area (Å²) >= 11 is 0. The first-order valence-electron chi connectivity index (χ1n) is 12.2. The number of hydrogen-bond acceptors (Lipinski definition) is 2. The van der Waals surface area contributed by atoms with Gasteiger partial charge in [0.25, 0.3) is 0 Å². The van der Waals surface area contributed by atoms with Crippen LogP contribution in [-0.2, 0) is 0 Å². The third-order valence-corrected chi connectivity index (χ3v) is 6.64. The molecule has 33 heavy (non-hydrogen) atoms. The first kappa shape index (κ1) is 23.1. The zero-order chi connectivity index (χ0) is 22.7. The van der Waals surface area contributed by atoms with Crippen molar-refractivity contribution in [3.8, 4) is 0 Å². The number of carbonyl (C=O) groups excluding carboxylic acids is 1. The lowest BCUT2D eigenvalue weighted by Gasteiger charge is -2.33. The Hall–Kier alpha value is -3.11. The molecule has 4 nitrogen and oxygen atoms in total. The molecule has 0 saturated carbocycles. The van der Waals surface area contributed by atoms with Crippen LogP contribution in [0, 0.1) is 5.92 Å². The number of carbonyl (C=O) groups is 1. The highest BCUT2D eigenvalue weighted by Crippen LogP contribution is 2.29. The van der Waals surface area contributed by atoms with Crippen molar-refractivity contribution in [2.75, 3.05) is 38.0 Å². The van der Waals surface area contributed by atoms with E-state index >= 15 is 0 Å². The Morgan fingerprint density at radius 1 is 0.727 bits per heavy atom. The highest BCUT2D eigenvalue weighted by atomic mass is 16.2. The van der Waals surface area contributed by atoms with Crippen LogP contribution in [0.5, 0.6) is 0 Å². The molecule has 2 fully saturated rings. The van der Waals surface area contributed by atoms with Crippen molar-refractivity contribution in [2.24, 2.45) is 5.92 Å². The summed E-state index contributed by atoms with van der Waals surface area (Å²) in [5.41, 5.74) is 2.36. The lowest BCUT2D eigenvalue weighted by molar-refractivity contribution is 0.181. The van der Waals surface area contributed by atoms with Gasteiger partial charge in [0, 0.05) is 25.3 Å². The molecule has 0 radical (unpaired) electrons. The molecule has 2 amide bonds. The van der Waals surface area contributed by atoms with Crippen LogP contribution in [0.3, 0.4) is 0 Å². The normalized spacial score (nSPS) is 18.9. The molecule has 2 heterocycles. The fraction of sp³-hybridized carbons (Fsp3) is 0.345. The molecule has 1 atom stereocenters. The summed E-state index contributed by atoms with van der Waals surface area (Å²) in [6.07, 6.45) is 3.60. The van der Waals surface area contributed by atoms with Crippen molar-refractivity contribution in [3.05, 3.63) is 103 Å². The summed E-state index contributed by atoms with van der Waals surface area (Å²) in [5.74, 6) is 1.30. The van der Waals surface area contributed by atoms with E-state index in [1.807, 2.05) is 71.6 Å². The van der Waals surface area contributed by atoms with Crippen LogP contribution >= 0.6 is 0 Å². The van der Waals surface area contributed by atoms with Gasteiger partial charge in [-0.05, 0) is 61.9 Å². The molecule has 172 valence electrons. The fourth-order valence-electron chi connectivity index (χ4n) is 4.81. The molecule has 5 rings (SSSR count). The number of urea groups is 1. The van der Waals surface area contributed by atoms with Gasteiger partial charge in [-0.3, -0.25) is 0 Å². The van der Waals surface area contributed by atoms with E-state index in [0.29, 0.717) is 11.8 Å². The molecule has 0 aromatic heterocycles. The van der Waals surface area contributed by atoms with Gasteiger partial charge >= 0.3 is 6.03 Å². The average Bonchev–Trinajstić information content (AvgIpc) is 3.36. The Bertz CT molecular complexity index is 914. The van der Waals surface area contributed by atoms with E-state index < -0.39 is 0 Å². The molecule has 3 aromatic carbocycles. The van der Waals surface area contributed by atoms with Gasteiger partial charge < -0.3 is 15.1 Å². The lowest BCUT2D eigenvalue weighted by atomic mass is 9.89. The molecule has 0 bridgehead atoms. The van der Waals surface area contributed by atoms with Gasteiger partial charge in [0.15, 0.2) is 0 Å². The highest BCUT2D eigenvalue weighted by molar-refractivity contribution is 5.89. The van der Waals surface area contributed by atoms with Crippen LogP contribution < -0.4 is 5.32 Å². The summed E-state index contributed by atoms with van der Waals surface area (Å²) in [5, 5.41) is 3.01. The van der Waals surface area contributed by atoms with Crippen LogP contribution in [0.2, 0.25) is 0 Å². The molecule has 2 saturated heterocycles. The third-order valence-electron chi connectivity index (χ3n) is 6.64. The van der Waals surface area contributed by atoms with E-state index in [4.69, 9.17) is 0 Å². The van der Waals surface area contributed by atoms with Crippen molar-refractivity contribution in [3.63, 3.8) is 0 Å². The van der Waals surface area contributed by atoms with Crippen molar-refractivity contribution in [1.82, 2.24) is 9.80 Å². The molecular weight excluding hydrogens is 406 g/mol. The van der Waals surface area contributed by atoms with Crippen LogP contribution in [-0.4, -0.2) is 48.6 Å². The summed E-state index contributed by atoms with van der Waals surface area (Å²) < 4.78 is 0. The molecule has 2 aliphatic heterocycles. The standard InChI is InChI=1S/C23H29N3O.C6H6/c27-23(24-22-9-5-2-6-10-22)26-16-11-19(18-26)17-25-14-12-21(13-15-25)20-7-3-1-4-8-20;1-2-4-6-5-3-1/h1-10,19,21H,11-18H2,(H,24,27);1-6H/t19-;/m0./s1. The predicted octanol–water partition coefficient (Wildman–Crippen LogP) is 6.11. The first-order chi connectivity index (χ1) is 16.3. The number of piperidine rings is 1. The second-order valence-corrected chi connectivity index (χ2v) is 9.04. The van der Waals surface area contributed by atoms with Crippen LogP contribution in [0.4, 0.5) is 10.5 Å². The van der Waals surface area contributed by atoms with Crippen molar-refractivity contribution < 1.29 is 4.79 Å². The number of nitrogens with one attached hydrogen (secondary N) is 1. The van der Waals surface area contributed by atoms with Gasteiger partial charge in [0.1, 0.15) is 0 Å². The third kappa shape index (κ3) is 7.19. The predicted molar refractivity (Wildman–Crippen MR) is 136 cm³/mol. The Balaban J connectivity index is 0.000000376. The number of rotatable bonds is 4. The van der Waals surface area contributed by atoms with Gasteiger partial charge in [0.05, 0.1) is 0 Å². The Labute approximate surface area is 198 Å². The largest absolute Gasteiger partial charge is 0.324 e. The maximum absolute atomic E-state index is 12.5. The van der Waals surface area contributed by atoms with Crippen molar-refractivity contribution >= 4 is 11.7 Å². The van der Waals surface area contributed by atoms with Crippen LogP contribution in [0.25, 0.3) is 0 Å². The van der Waals surface area contributed by atoms with Gasteiger partial charge in [-0.15, -0.1) is 0 Å². The molecule has 0 aliphatic carbocycles. The smallest absolute Gasteiger partial charge is 0.321 e. The van der Waals surface area contributed by atoms with Gasteiger partial charge in [-0.2, -0.15) is 0 Å². The molecule has 0 spiro atoms. The molecular formula is C29H35N3O. The van der Waals surface area contributed by atoms with E-state index in [9.17, 15) is 4.79 Å². The van der Waals surface area contributed by atoms with E-state index in [0.717, 1.165) is 31.7 Å². The Morgan fingerprint density at radius 2 is 1.27 bits per heavy atom. The molecule has 4 heteroatoms. The number of likely N-dealkylation sites (tertiary alicyclic amines) is 2. The minimum atomic E-state index is 0.0338. The number of anilines is 1. The summed E-state index contributed by atoms with van der Waals surface area (Å²) in [7, 11) is 0. The van der Waals surface area contributed by atoms with E-state index in [1.165, 1.54) is 31.5 Å². The van der Waals surface area contributed by atoms with Gasteiger partial charge in [0.2, 0.25) is 0 Å². The maximum atomic E-state index is 12.5. The Kier molecular flexibility index (Phi) is 8.54. The number of nitrogens with zero attached hydrogens (tertiary/aromatic N) is 2. The quantitative estimate of drug-likeness (QED) is 0.530. The minimum Gasteiger partial charge on any atom is -0.324 e. The molecule has 3 aromatic rings. The molecule has 1 N–H and O–H groups in total. The number of amides is 2. The zero-order valence-electron chi connectivity index (χ0n) is 19.4. The second kappa shape index (κ2) is 12.2. The van der Waals surface area contributed by atoms with Crippen molar-refractivity contribution in [1.29, 1.82) is 0 Å². The fourth-order valence-corrected chi connectivity index (χ4v) is 4.81. The summed E-state index contributed by atoms with van der Waals surface area (Å²) in [4.78, 5) is 17.0. The molecule has 0 unspecified atom stereocenters. The van der Waals surface area contributed by atoms with E-state index in [2.05, 4.69) is 40.5 Å².